The molecule has 2 fully saturated rings. The van der Waals surface area contributed by atoms with E-state index < -0.39 is 0 Å². The molecule has 0 aliphatic carbocycles. The predicted molar refractivity (Wildman–Crippen MR) is 104 cm³/mol. The van der Waals surface area contributed by atoms with Gasteiger partial charge in [-0.3, -0.25) is 9.36 Å². The van der Waals surface area contributed by atoms with Crippen molar-refractivity contribution in [2.45, 2.75) is 18.5 Å². The maximum absolute atomic E-state index is 12.5. The van der Waals surface area contributed by atoms with Crippen LogP contribution in [0.2, 0.25) is 5.15 Å². The Kier molecular flexibility index (Phi) is 3.97. The van der Waals surface area contributed by atoms with Gasteiger partial charge in [-0.25, -0.2) is 15.0 Å². The van der Waals surface area contributed by atoms with Gasteiger partial charge in [-0.2, -0.15) is 0 Å². The van der Waals surface area contributed by atoms with Crippen molar-refractivity contribution in [1.82, 2.24) is 29.7 Å². The number of nitrogens with zero attached hydrogens (tertiary/aromatic N) is 8. The van der Waals surface area contributed by atoms with E-state index in [4.69, 9.17) is 16.6 Å². The molecular weight excluding hydrogens is 380 g/mol. The zero-order valence-electron chi connectivity index (χ0n) is 15.1. The lowest BCUT2D eigenvalue weighted by Gasteiger charge is -2.35. The number of piperazine rings is 1. The minimum atomic E-state index is -0.109. The summed E-state index contributed by atoms with van der Waals surface area (Å²) in [5, 5.41) is 8.53. The fourth-order valence-electron chi connectivity index (χ4n) is 4.01. The van der Waals surface area contributed by atoms with Gasteiger partial charge in [0.25, 0.3) is 5.56 Å². The van der Waals surface area contributed by atoms with E-state index in [1.165, 1.54) is 12.4 Å². The van der Waals surface area contributed by atoms with Crippen molar-refractivity contribution in [2.75, 3.05) is 22.9 Å². The van der Waals surface area contributed by atoms with Crippen LogP contribution in [0.1, 0.15) is 6.42 Å². The highest BCUT2D eigenvalue weighted by Crippen LogP contribution is 2.36. The summed E-state index contributed by atoms with van der Waals surface area (Å²) in [4.78, 5) is 29.9. The Balaban J connectivity index is 1.45. The van der Waals surface area contributed by atoms with Crippen molar-refractivity contribution in [3.63, 3.8) is 0 Å². The van der Waals surface area contributed by atoms with Crippen LogP contribution in [0, 0.1) is 0 Å². The molecule has 5 rings (SSSR count). The van der Waals surface area contributed by atoms with Gasteiger partial charge in [0.15, 0.2) is 11.0 Å². The highest BCUT2D eigenvalue weighted by molar-refractivity contribution is 6.29. The topological polar surface area (TPSA) is 92.9 Å². The summed E-state index contributed by atoms with van der Waals surface area (Å²) < 4.78 is 1.60. The van der Waals surface area contributed by atoms with Crippen LogP contribution >= 0.6 is 11.6 Å². The second kappa shape index (κ2) is 6.52. The molecule has 9 nitrogen and oxygen atoms in total. The predicted octanol–water partition coefficient (Wildman–Crippen LogP) is 1.15. The Morgan fingerprint density at radius 2 is 1.89 bits per heavy atom. The van der Waals surface area contributed by atoms with E-state index in [0.717, 1.165) is 25.3 Å². The zero-order valence-corrected chi connectivity index (χ0v) is 15.9. The second-order valence-electron chi connectivity index (χ2n) is 7.00. The lowest BCUT2D eigenvalue weighted by atomic mass is 10.2. The van der Waals surface area contributed by atoms with Crippen LogP contribution in [-0.2, 0) is 7.05 Å². The zero-order chi connectivity index (χ0) is 19.3. The number of hydrogen-bond acceptors (Lipinski definition) is 8. The Morgan fingerprint density at radius 1 is 1.07 bits per heavy atom. The van der Waals surface area contributed by atoms with Crippen LogP contribution in [0.3, 0.4) is 0 Å². The van der Waals surface area contributed by atoms with Gasteiger partial charge in [0.1, 0.15) is 6.33 Å². The van der Waals surface area contributed by atoms with E-state index in [9.17, 15) is 4.79 Å². The van der Waals surface area contributed by atoms with Crippen molar-refractivity contribution >= 4 is 23.4 Å². The largest absolute Gasteiger partial charge is 0.348 e. The molecule has 142 valence electrons. The smallest absolute Gasteiger partial charge is 0.255 e. The number of fused-ring (bicyclic) bond motifs is 2. The van der Waals surface area contributed by atoms with Crippen molar-refractivity contribution < 1.29 is 0 Å². The minimum absolute atomic E-state index is 0.109. The molecule has 0 N–H and O–H groups in total. The number of rotatable bonds is 3. The van der Waals surface area contributed by atoms with Gasteiger partial charge in [-0.15, -0.1) is 10.2 Å². The molecule has 3 aromatic heterocycles. The van der Waals surface area contributed by atoms with Gasteiger partial charge in [-0.1, -0.05) is 11.6 Å². The number of anilines is 2. The van der Waals surface area contributed by atoms with Crippen molar-refractivity contribution in [1.29, 1.82) is 0 Å². The third-order valence-electron chi connectivity index (χ3n) is 5.37. The molecule has 5 heterocycles. The SMILES string of the molecule is Cn1c(N2CC3CC2CN3c2ccc(Cl)nn2)nc(-c2ccncn2)cc1=O. The quantitative estimate of drug-likeness (QED) is 0.651. The summed E-state index contributed by atoms with van der Waals surface area (Å²) in [6.07, 6.45) is 4.08. The molecule has 10 heteroatoms. The molecule has 2 saturated heterocycles. The molecule has 0 spiro atoms. The highest BCUT2D eigenvalue weighted by Gasteiger charge is 2.45. The van der Waals surface area contributed by atoms with Crippen molar-refractivity contribution in [2.24, 2.45) is 7.05 Å². The van der Waals surface area contributed by atoms with Gasteiger partial charge in [0.2, 0.25) is 5.95 Å². The fourth-order valence-corrected chi connectivity index (χ4v) is 4.11. The summed E-state index contributed by atoms with van der Waals surface area (Å²) in [5.74, 6) is 1.49. The molecular formula is C18H17ClN8O. The van der Waals surface area contributed by atoms with E-state index in [-0.39, 0.29) is 11.6 Å². The molecule has 2 bridgehead atoms. The van der Waals surface area contributed by atoms with Crippen molar-refractivity contribution in [3.8, 4) is 11.4 Å². The summed E-state index contributed by atoms with van der Waals surface area (Å²) in [7, 11) is 1.75. The average Bonchev–Trinajstić information content (AvgIpc) is 3.32. The Bertz CT molecular complexity index is 1070. The van der Waals surface area contributed by atoms with Crippen LogP contribution < -0.4 is 15.4 Å². The first-order valence-corrected chi connectivity index (χ1v) is 9.35. The van der Waals surface area contributed by atoms with Crippen LogP contribution in [0.25, 0.3) is 11.4 Å². The monoisotopic (exact) mass is 396 g/mol. The average molecular weight is 397 g/mol. The minimum Gasteiger partial charge on any atom is -0.348 e. The van der Waals surface area contributed by atoms with E-state index in [1.54, 1.807) is 29.9 Å². The first-order chi connectivity index (χ1) is 13.6. The van der Waals surface area contributed by atoms with E-state index in [0.29, 0.717) is 28.5 Å². The molecule has 0 radical (unpaired) electrons. The van der Waals surface area contributed by atoms with Crippen molar-refractivity contribution in [3.05, 3.63) is 52.3 Å². The molecule has 0 aromatic carbocycles. The first kappa shape index (κ1) is 17.1. The molecule has 3 aromatic rings. The standard InChI is InChI=1S/C18H17ClN8O/c1-25-17(28)7-14(13-4-5-20-10-21-13)22-18(25)27-9-11-6-12(27)8-26(11)16-3-2-15(19)23-24-16/h2-5,7,10-12H,6,8-9H2,1H3. The summed E-state index contributed by atoms with van der Waals surface area (Å²) >= 11 is 5.85. The number of halogens is 1. The highest BCUT2D eigenvalue weighted by atomic mass is 35.5. The second-order valence-corrected chi connectivity index (χ2v) is 7.38. The van der Waals surface area contributed by atoms with E-state index in [2.05, 4.69) is 30.0 Å². The molecule has 28 heavy (non-hydrogen) atoms. The Hall–Kier alpha value is -3.07. The fraction of sp³-hybridized carbons (Fsp3) is 0.333. The first-order valence-electron chi connectivity index (χ1n) is 8.97. The van der Waals surface area contributed by atoms with Gasteiger partial charge in [-0.05, 0) is 24.6 Å². The van der Waals surface area contributed by atoms with E-state index in [1.807, 2.05) is 6.07 Å². The van der Waals surface area contributed by atoms with Gasteiger partial charge in [0.05, 0.1) is 23.5 Å². The van der Waals surface area contributed by atoms with Gasteiger partial charge >= 0.3 is 0 Å². The maximum Gasteiger partial charge on any atom is 0.255 e. The lowest BCUT2D eigenvalue weighted by molar-refractivity contribution is 0.608. The third kappa shape index (κ3) is 2.78. The Morgan fingerprint density at radius 3 is 2.57 bits per heavy atom. The third-order valence-corrected chi connectivity index (χ3v) is 5.57. The van der Waals surface area contributed by atoms with Crippen LogP contribution in [0.5, 0.6) is 0 Å². The molecule has 2 aliphatic rings. The van der Waals surface area contributed by atoms with E-state index >= 15 is 0 Å². The molecule has 2 unspecified atom stereocenters. The van der Waals surface area contributed by atoms with Crippen LogP contribution in [0.4, 0.5) is 11.8 Å². The molecule has 0 saturated carbocycles. The Labute approximate surface area is 165 Å². The lowest BCUT2D eigenvalue weighted by Crippen LogP contribution is -2.48. The summed E-state index contributed by atoms with van der Waals surface area (Å²) in [5.41, 5.74) is 1.09. The van der Waals surface area contributed by atoms with Crippen LogP contribution in [-0.4, -0.2) is 54.9 Å². The summed E-state index contributed by atoms with van der Waals surface area (Å²) in [6, 6.07) is 7.45. The normalized spacial score (nSPS) is 20.8. The number of hydrogen-bond donors (Lipinski definition) is 0. The van der Waals surface area contributed by atoms with Gasteiger partial charge in [0, 0.05) is 32.4 Å². The number of aromatic nitrogens is 6. The molecule has 2 atom stereocenters. The van der Waals surface area contributed by atoms with Crippen LogP contribution in [0.15, 0.2) is 41.6 Å². The maximum atomic E-state index is 12.5. The van der Waals surface area contributed by atoms with Gasteiger partial charge < -0.3 is 9.80 Å². The summed E-state index contributed by atoms with van der Waals surface area (Å²) in [6.45, 7) is 1.57. The molecule has 0 amide bonds. The molecule has 2 aliphatic heterocycles.